The van der Waals surface area contributed by atoms with Crippen LogP contribution in [0.15, 0.2) is 45.5 Å². The minimum Gasteiger partial charge on any atom is -0.446 e. The molecule has 0 aliphatic carbocycles. The van der Waals surface area contributed by atoms with Crippen molar-refractivity contribution in [1.82, 2.24) is 9.36 Å². The first-order valence-corrected chi connectivity index (χ1v) is 7.72. The molecule has 0 atom stereocenters. The third-order valence-corrected chi connectivity index (χ3v) is 3.82. The third kappa shape index (κ3) is 3.31. The van der Waals surface area contributed by atoms with Gasteiger partial charge in [0, 0.05) is 22.1 Å². The van der Waals surface area contributed by atoms with Crippen LogP contribution < -0.4 is 5.32 Å². The van der Waals surface area contributed by atoms with Gasteiger partial charge >= 0.3 is 0 Å². The molecule has 0 spiro atoms. The van der Waals surface area contributed by atoms with Gasteiger partial charge in [0.25, 0.3) is 5.91 Å². The fourth-order valence-electron chi connectivity index (χ4n) is 1.61. The number of rotatable bonds is 3. The topological polar surface area (TPSA) is 68.0 Å². The zero-order valence-corrected chi connectivity index (χ0v) is 13.5. The Labute approximate surface area is 137 Å². The summed E-state index contributed by atoms with van der Waals surface area (Å²) in [6, 6.07) is 10.2. The van der Waals surface area contributed by atoms with Crippen molar-refractivity contribution in [2.45, 2.75) is 0 Å². The smallest absolute Gasteiger partial charge is 0.257 e. The molecular weight excluding hydrogens is 378 g/mol. The molecule has 0 bridgehead atoms. The monoisotopic (exact) mass is 383 g/mol. The first kappa shape index (κ1) is 14.2. The highest BCUT2D eigenvalue weighted by molar-refractivity contribution is 9.10. The number of halogens is 2. The van der Waals surface area contributed by atoms with Crippen LogP contribution in [0.1, 0.15) is 10.4 Å². The van der Waals surface area contributed by atoms with Crippen LogP contribution in [-0.2, 0) is 0 Å². The van der Waals surface area contributed by atoms with Gasteiger partial charge in [0.15, 0.2) is 10.4 Å². The van der Waals surface area contributed by atoms with Crippen LogP contribution in [0.4, 0.5) is 5.13 Å². The molecule has 5 nitrogen and oxygen atoms in total. The van der Waals surface area contributed by atoms with E-state index in [2.05, 4.69) is 30.6 Å². The number of carbonyl (C=O) groups excluding carboxylic acids is 1. The summed E-state index contributed by atoms with van der Waals surface area (Å²) < 4.78 is 10.1. The molecule has 1 N–H and O–H groups in total. The highest BCUT2D eigenvalue weighted by Gasteiger charge is 2.13. The lowest BCUT2D eigenvalue weighted by Crippen LogP contribution is -2.11. The maximum absolute atomic E-state index is 12.1. The predicted molar refractivity (Wildman–Crippen MR) is 84.7 cm³/mol. The van der Waals surface area contributed by atoms with Crippen LogP contribution in [0.3, 0.4) is 0 Å². The van der Waals surface area contributed by atoms with Crippen molar-refractivity contribution in [3.63, 3.8) is 0 Å². The van der Waals surface area contributed by atoms with Gasteiger partial charge in [0.05, 0.1) is 0 Å². The molecule has 0 fully saturated rings. The van der Waals surface area contributed by atoms with Crippen molar-refractivity contribution in [3.8, 4) is 11.6 Å². The molecule has 2 aromatic heterocycles. The molecule has 2 heterocycles. The Bertz CT molecular complexity index is 802. The van der Waals surface area contributed by atoms with Gasteiger partial charge in [0.2, 0.25) is 11.0 Å². The van der Waals surface area contributed by atoms with Gasteiger partial charge in [-0.05, 0) is 46.3 Å². The molecule has 0 unspecified atom stereocenters. The van der Waals surface area contributed by atoms with Gasteiger partial charge in [-0.2, -0.15) is 9.36 Å². The second-order valence-corrected chi connectivity index (χ2v) is 5.96. The standard InChI is InChI=1S/C13H7BrClN3O2S/c14-10-5-4-9(20-10)11-16-13(21-18-11)17-12(19)7-2-1-3-8(15)6-7/h1-6H,(H,16,17,18,19). The molecule has 0 aliphatic heterocycles. The highest BCUT2D eigenvalue weighted by atomic mass is 79.9. The Balaban J connectivity index is 1.77. The number of benzene rings is 1. The molecule has 21 heavy (non-hydrogen) atoms. The maximum atomic E-state index is 12.1. The summed E-state index contributed by atoms with van der Waals surface area (Å²) in [6.45, 7) is 0. The molecule has 0 aliphatic rings. The van der Waals surface area contributed by atoms with Crippen molar-refractivity contribution in [2.75, 3.05) is 5.32 Å². The van der Waals surface area contributed by atoms with E-state index in [1.54, 1.807) is 36.4 Å². The fraction of sp³-hybridized carbons (Fsp3) is 0. The van der Waals surface area contributed by atoms with E-state index in [1.165, 1.54) is 0 Å². The number of nitrogens with zero attached hydrogens (tertiary/aromatic N) is 2. The summed E-state index contributed by atoms with van der Waals surface area (Å²) >= 11 is 10.1. The number of anilines is 1. The van der Waals surface area contributed by atoms with E-state index >= 15 is 0 Å². The summed E-state index contributed by atoms with van der Waals surface area (Å²) in [6.07, 6.45) is 0. The van der Waals surface area contributed by atoms with Gasteiger partial charge in [-0.1, -0.05) is 17.7 Å². The normalized spacial score (nSPS) is 10.6. The average molecular weight is 385 g/mol. The second kappa shape index (κ2) is 5.97. The molecule has 3 rings (SSSR count). The van der Waals surface area contributed by atoms with Crippen LogP contribution >= 0.6 is 39.1 Å². The number of furan rings is 1. The SMILES string of the molecule is O=C(Nc1nc(-c2ccc(Br)o2)ns1)c1cccc(Cl)c1. The van der Waals surface area contributed by atoms with E-state index in [0.29, 0.717) is 32.0 Å². The predicted octanol–water partition coefficient (Wildman–Crippen LogP) is 4.47. The number of nitrogens with one attached hydrogen (secondary N) is 1. The van der Waals surface area contributed by atoms with Crippen molar-refractivity contribution in [2.24, 2.45) is 0 Å². The van der Waals surface area contributed by atoms with Gasteiger partial charge in [-0.15, -0.1) is 0 Å². The van der Waals surface area contributed by atoms with E-state index in [1.807, 2.05) is 0 Å². The van der Waals surface area contributed by atoms with Crippen LogP contribution in [0, 0.1) is 0 Å². The number of amides is 1. The molecule has 3 aromatic rings. The van der Waals surface area contributed by atoms with Crippen molar-refractivity contribution in [1.29, 1.82) is 0 Å². The molecule has 1 aromatic carbocycles. The number of aromatic nitrogens is 2. The Hall–Kier alpha value is -1.70. The molecular formula is C13H7BrClN3O2S. The fourth-order valence-corrected chi connectivity index (χ4v) is 2.67. The number of hydrogen-bond donors (Lipinski definition) is 1. The molecule has 1 amide bonds. The zero-order valence-electron chi connectivity index (χ0n) is 10.3. The lowest BCUT2D eigenvalue weighted by Gasteiger charge is -2.01. The molecule has 8 heteroatoms. The minimum atomic E-state index is -0.291. The van der Waals surface area contributed by atoms with Crippen LogP contribution in [0.2, 0.25) is 5.02 Å². The van der Waals surface area contributed by atoms with Gasteiger partial charge in [-0.3, -0.25) is 10.1 Å². The molecule has 0 radical (unpaired) electrons. The minimum absolute atomic E-state index is 0.291. The first-order valence-electron chi connectivity index (χ1n) is 5.78. The quantitative estimate of drug-likeness (QED) is 0.723. The number of carbonyl (C=O) groups is 1. The van der Waals surface area contributed by atoms with Crippen molar-refractivity contribution < 1.29 is 9.21 Å². The molecule has 106 valence electrons. The van der Waals surface area contributed by atoms with E-state index in [9.17, 15) is 4.79 Å². The van der Waals surface area contributed by atoms with Crippen LogP contribution in [-0.4, -0.2) is 15.3 Å². The van der Waals surface area contributed by atoms with E-state index in [0.717, 1.165) is 11.5 Å². The Kier molecular flexibility index (Phi) is 4.05. The Morgan fingerprint density at radius 3 is 2.90 bits per heavy atom. The largest absolute Gasteiger partial charge is 0.446 e. The Morgan fingerprint density at radius 1 is 1.33 bits per heavy atom. The Morgan fingerprint density at radius 2 is 2.19 bits per heavy atom. The highest BCUT2D eigenvalue weighted by Crippen LogP contribution is 2.25. The summed E-state index contributed by atoms with van der Waals surface area (Å²) in [7, 11) is 0. The molecule has 0 saturated heterocycles. The van der Waals surface area contributed by atoms with Crippen LogP contribution in [0.5, 0.6) is 0 Å². The van der Waals surface area contributed by atoms with Gasteiger partial charge < -0.3 is 4.42 Å². The summed E-state index contributed by atoms with van der Waals surface area (Å²) in [5.74, 6) is 0.661. The maximum Gasteiger partial charge on any atom is 0.257 e. The zero-order chi connectivity index (χ0) is 14.8. The van der Waals surface area contributed by atoms with Gasteiger partial charge in [0.1, 0.15) is 0 Å². The summed E-state index contributed by atoms with van der Waals surface area (Å²) in [5, 5.41) is 3.57. The third-order valence-electron chi connectivity index (χ3n) is 2.53. The summed E-state index contributed by atoms with van der Waals surface area (Å²) in [4.78, 5) is 16.3. The van der Waals surface area contributed by atoms with Gasteiger partial charge in [-0.25, -0.2) is 0 Å². The van der Waals surface area contributed by atoms with E-state index < -0.39 is 0 Å². The lowest BCUT2D eigenvalue weighted by molar-refractivity contribution is 0.102. The van der Waals surface area contributed by atoms with Crippen molar-refractivity contribution in [3.05, 3.63) is 51.7 Å². The lowest BCUT2D eigenvalue weighted by atomic mass is 10.2. The van der Waals surface area contributed by atoms with E-state index in [4.69, 9.17) is 16.0 Å². The van der Waals surface area contributed by atoms with Crippen LogP contribution in [0.25, 0.3) is 11.6 Å². The number of hydrogen-bond acceptors (Lipinski definition) is 5. The average Bonchev–Trinajstić information content (AvgIpc) is 3.07. The molecule has 0 saturated carbocycles. The summed E-state index contributed by atoms with van der Waals surface area (Å²) in [5.41, 5.74) is 0.458. The second-order valence-electron chi connectivity index (χ2n) is 3.99. The van der Waals surface area contributed by atoms with Crippen molar-refractivity contribution >= 4 is 50.1 Å². The van der Waals surface area contributed by atoms with E-state index in [-0.39, 0.29) is 5.91 Å². The first-order chi connectivity index (χ1) is 10.1.